The quantitative estimate of drug-likeness (QED) is 0.605. The van der Waals surface area contributed by atoms with E-state index in [4.69, 9.17) is 0 Å². The summed E-state index contributed by atoms with van der Waals surface area (Å²) in [6, 6.07) is 18.2. The molecule has 2 heteroatoms. The van der Waals surface area contributed by atoms with Gasteiger partial charge in [-0.3, -0.25) is 4.79 Å². The Morgan fingerprint density at radius 2 is 1.76 bits per heavy atom. The van der Waals surface area contributed by atoms with Gasteiger partial charge in [0.1, 0.15) is 0 Å². The molecule has 0 fully saturated rings. The van der Waals surface area contributed by atoms with Crippen molar-refractivity contribution in [2.75, 3.05) is 0 Å². The first kappa shape index (κ1) is 10.2. The van der Waals surface area contributed by atoms with Crippen LogP contribution in [0.25, 0.3) is 20.5 Å². The molecule has 0 aliphatic carbocycles. The molecule has 17 heavy (non-hydrogen) atoms. The first-order valence-corrected chi connectivity index (χ1v) is 6.23. The molecule has 1 aromatic heterocycles. The largest absolute Gasteiger partial charge is 0.298 e. The second kappa shape index (κ2) is 4.15. The van der Waals surface area contributed by atoms with Gasteiger partial charge in [0.15, 0.2) is 6.29 Å². The maximum absolute atomic E-state index is 11.0. The molecule has 0 radical (unpaired) electrons. The summed E-state index contributed by atoms with van der Waals surface area (Å²) in [7, 11) is 0. The minimum absolute atomic E-state index is 0.765. The Bertz CT molecular complexity index is 668. The van der Waals surface area contributed by atoms with Crippen molar-refractivity contribution in [3.63, 3.8) is 0 Å². The van der Waals surface area contributed by atoms with Gasteiger partial charge in [-0.25, -0.2) is 0 Å². The number of benzene rings is 2. The van der Waals surface area contributed by atoms with Gasteiger partial charge in [0.25, 0.3) is 0 Å². The van der Waals surface area contributed by atoms with E-state index in [2.05, 4.69) is 24.3 Å². The molecule has 1 heterocycles. The number of rotatable bonds is 2. The molecule has 0 spiro atoms. The summed E-state index contributed by atoms with van der Waals surface area (Å²) < 4.78 is 1.16. The van der Waals surface area contributed by atoms with Crippen LogP contribution in [0.1, 0.15) is 10.4 Å². The highest BCUT2D eigenvalue weighted by Crippen LogP contribution is 2.34. The zero-order valence-electron chi connectivity index (χ0n) is 9.09. The van der Waals surface area contributed by atoms with E-state index in [1.54, 1.807) is 11.3 Å². The Balaban J connectivity index is 2.24. The standard InChI is InChI=1S/C15H10OS/c16-10-12-7-4-8-14-13(12)9-15(17-14)11-5-2-1-3-6-11/h1-10H. The molecule has 1 nitrogen and oxygen atoms in total. The lowest BCUT2D eigenvalue weighted by molar-refractivity contribution is 0.112. The fraction of sp³-hybridized carbons (Fsp3) is 0. The third-order valence-corrected chi connectivity index (χ3v) is 3.93. The van der Waals surface area contributed by atoms with Crippen molar-refractivity contribution in [2.24, 2.45) is 0 Å². The first-order valence-electron chi connectivity index (χ1n) is 5.41. The van der Waals surface area contributed by atoms with E-state index in [-0.39, 0.29) is 0 Å². The molecular formula is C15H10OS. The number of thiophene rings is 1. The lowest BCUT2D eigenvalue weighted by atomic mass is 10.1. The van der Waals surface area contributed by atoms with Crippen LogP contribution in [-0.4, -0.2) is 6.29 Å². The van der Waals surface area contributed by atoms with Gasteiger partial charge in [-0.05, 0) is 17.7 Å². The number of aldehydes is 1. The third kappa shape index (κ3) is 1.77. The average Bonchev–Trinajstić information content (AvgIpc) is 2.83. The SMILES string of the molecule is O=Cc1cccc2sc(-c3ccccc3)cc12. The molecule has 82 valence electrons. The molecule has 0 saturated heterocycles. The molecule has 0 bridgehead atoms. The van der Waals surface area contributed by atoms with Crippen LogP contribution < -0.4 is 0 Å². The summed E-state index contributed by atoms with van der Waals surface area (Å²) in [5.41, 5.74) is 1.96. The zero-order chi connectivity index (χ0) is 11.7. The Kier molecular flexibility index (Phi) is 2.50. The highest BCUT2D eigenvalue weighted by atomic mass is 32.1. The van der Waals surface area contributed by atoms with Crippen LogP contribution in [0.4, 0.5) is 0 Å². The molecule has 0 unspecified atom stereocenters. The van der Waals surface area contributed by atoms with E-state index in [0.717, 1.165) is 21.9 Å². The smallest absolute Gasteiger partial charge is 0.150 e. The topological polar surface area (TPSA) is 17.1 Å². The van der Waals surface area contributed by atoms with Gasteiger partial charge in [0.2, 0.25) is 0 Å². The van der Waals surface area contributed by atoms with Crippen LogP contribution in [-0.2, 0) is 0 Å². The van der Waals surface area contributed by atoms with Gasteiger partial charge in [-0.15, -0.1) is 11.3 Å². The van der Waals surface area contributed by atoms with Gasteiger partial charge < -0.3 is 0 Å². The number of carbonyl (C=O) groups excluding carboxylic acids is 1. The second-order valence-corrected chi connectivity index (χ2v) is 4.94. The molecule has 3 rings (SSSR count). The summed E-state index contributed by atoms with van der Waals surface area (Å²) >= 11 is 1.72. The van der Waals surface area contributed by atoms with Crippen molar-refractivity contribution in [2.45, 2.75) is 0 Å². The highest BCUT2D eigenvalue weighted by Gasteiger charge is 2.06. The van der Waals surface area contributed by atoms with Crippen molar-refractivity contribution in [3.05, 3.63) is 60.2 Å². The van der Waals surface area contributed by atoms with Crippen LogP contribution in [0.3, 0.4) is 0 Å². The van der Waals surface area contributed by atoms with Gasteiger partial charge >= 0.3 is 0 Å². The summed E-state index contributed by atoms with van der Waals surface area (Å²) in [6.07, 6.45) is 0.920. The Morgan fingerprint density at radius 1 is 0.941 bits per heavy atom. The average molecular weight is 238 g/mol. The van der Waals surface area contributed by atoms with Crippen LogP contribution in [0, 0.1) is 0 Å². The van der Waals surface area contributed by atoms with E-state index in [1.807, 2.05) is 30.3 Å². The Labute approximate surface area is 103 Å². The molecule has 0 saturated carbocycles. The van der Waals surface area contributed by atoms with Gasteiger partial charge in [0.05, 0.1) is 0 Å². The normalized spacial score (nSPS) is 10.6. The maximum Gasteiger partial charge on any atom is 0.150 e. The molecule has 0 N–H and O–H groups in total. The van der Waals surface area contributed by atoms with Gasteiger partial charge in [0, 0.05) is 20.5 Å². The molecule has 3 aromatic rings. The molecule has 0 atom stereocenters. The molecular weight excluding hydrogens is 228 g/mol. The zero-order valence-corrected chi connectivity index (χ0v) is 9.91. The Hall–Kier alpha value is -1.93. The van der Waals surface area contributed by atoms with Crippen LogP contribution in [0.2, 0.25) is 0 Å². The lowest BCUT2D eigenvalue weighted by Crippen LogP contribution is -1.77. The van der Waals surface area contributed by atoms with Crippen molar-refractivity contribution in [1.82, 2.24) is 0 Å². The minimum Gasteiger partial charge on any atom is -0.298 e. The second-order valence-electron chi connectivity index (χ2n) is 3.85. The van der Waals surface area contributed by atoms with Crippen molar-refractivity contribution in [1.29, 1.82) is 0 Å². The predicted molar refractivity (Wildman–Crippen MR) is 72.6 cm³/mol. The molecule has 2 aromatic carbocycles. The number of carbonyl (C=O) groups is 1. The van der Waals surface area contributed by atoms with Crippen molar-refractivity contribution in [3.8, 4) is 10.4 Å². The monoisotopic (exact) mass is 238 g/mol. The molecule has 0 aliphatic heterocycles. The van der Waals surface area contributed by atoms with Crippen LogP contribution in [0.15, 0.2) is 54.6 Å². The molecule has 0 aliphatic rings. The fourth-order valence-electron chi connectivity index (χ4n) is 1.93. The van der Waals surface area contributed by atoms with Crippen LogP contribution in [0.5, 0.6) is 0 Å². The summed E-state index contributed by atoms with van der Waals surface area (Å²) in [4.78, 5) is 12.2. The van der Waals surface area contributed by atoms with E-state index in [1.165, 1.54) is 10.4 Å². The number of hydrogen-bond acceptors (Lipinski definition) is 2. The molecule has 0 amide bonds. The van der Waals surface area contributed by atoms with Crippen molar-refractivity contribution >= 4 is 27.7 Å². The summed E-state index contributed by atoms with van der Waals surface area (Å²) in [5.74, 6) is 0. The van der Waals surface area contributed by atoms with E-state index in [9.17, 15) is 4.79 Å². The van der Waals surface area contributed by atoms with Crippen LogP contribution >= 0.6 is 11.3 Å². The maximum atomic E-state index is 11.0. The fourth-order valence-corrected chi connectivity index (χ4v) is 3.03. The van der Waals surface area contributed by atoms with Crippen molar-refractivity contribution < 1.29 is 4.79 Å². The van der Waals surface area contributed by atoms with E-state index >= 15 is 0 Å². The first-order chi connectivity index (χ1) is 8.38. The van der Waals surface area contributed by atoms with Gasteiger partial charge in [-0.1, -0.05) is 42.5 Å². The summed E-state index contributed by atoms with van der Waals surface area (Å²) in [6.45, 7) is 0. The number of fused-ring (bicyclic) bond motifs is 1. The van der Waals surface area contributed by atoms with Gasteiger partial charge in [-0.2, -0.15) is 0 Å². The minimum atomic E-state index is 0.765. The number of hydrogen-bond donors (Lipinski definition) is 0. The van der Waals surface area contributed by atoms with E-state index < -0.39 is 0 Å². The Morgan fingerprint density at radius 3 is 2.53 bits per heavy atom. The summed E-state index contributed by atoms with van der Waals surface area (Å²) in [5, 5.41) is 1.05. The third-order valence-electron chi connectivity index (χ3n) is 2.78. The predicted octanol–water partition coefficient (Wildman–Crippen LogP) is 4.38. The lowest BCUT2D eigenvalue weighted by Gasteiger charge is -1.93. The highest BCUT2D eigenvalue weighted by molar-refractivity contribution is 7.22. The van der Waals surface area contributed by atoms with E-state index in [0.29, 0.717) is 0 Å².